The van der Waals surface area contributed by atoms with E-state index in [4.69, 9.17) is 19.1 Å². The first-order chi connectivity index (χ1) is 10.9. The summed E-state index contributed by atoms with van der Waals surface area (Å²) in [5, 5.41) is 12.7. The Kier molecular flexibility index (Phi) is 5.00. The van der Waals surface area contributed by atoms with Gasteiger partial charge in [0, 0.05) is 0 Å². The van der Waals surface area contributed by atoms with E-state index in [1.807, 2.05) is 0 Å². The fraction of sp³-hybridized carbons (Fsp3) is 0.312. The summed E-state index contributed by atoms with van der Waals surface area (Å²) in [5.41, 5.74) is 2.18. The zero-order valence-corrected chi connectivity index (χ0v) is 13.1. The van der Waals surface area contributed by atoms with Gasteiger partial charge >= 0.3 is 11.9 Å². The molecule has 1 aromatic heterocycles. The van der Waals surface area contributed by atoms with Gasteiger partial charge < -0.3 is 19.1 Å². The molecule has 0 saturated heterocycles. The summed E-state index contributed by atoms with van der Waals surface area (Å²) in [4.78, 5) is 22.7. The number of rotatable bonds is 6. The van der Waals surface area contributed by atoms with Gasteiger partial charge in [-0.15, -0.1) is 0 Å². The number of hydrogen-bond acceptors (Lipinski definition) is 6. The van der Waals surface area contributed by atoms with Gasteiger partial charge in [0.15, 0.2) is 0 Å². The van der Waals surface area contributed by atoms with E-state index in [2.05, 4.69) is 5.16 Å². The number of carbonyl (C=O) groups is 2. The molecule has 0 atom stereocenters. The van der Waals surface area contributed by atoms with E-state index in [0.717, 1.165) is 5.56 Å². The second-order valence-corrected chi connectivity index (χ2v) is 4.98. The Morgan fingerprint density at radius 2 is 2.04 bits per heavy atom. The normalized spacial score (nSPS) is 10.4. The molecule has 23 heavy (non-hydrogen) atoms. The van der Waals surface area contributed by atoms with Gasteiger partial charge in [-0.1, -0.05) is 11.2 Å². The molecule has 0 unspecified atom stereocenters. The van der Waals surface area contributed by atoms with Crippen LogP contribution >= 0.6 is 0 Å². The van der Waals surface area contributed by atoms with E-state index < -0.39 is 11.9 Å². The number of aromatic nitrogens is 1. The highest BCUT2D eigenvalue weighted by atomic mass is 16.5. The minimum atomic E-state index is -0.981. The largest absolute Gasteiger partial charge is 0.488 e. The van der Waals surface area contributed by atoms with Gasteiger partial charge in [0.1, 0.15) is 23.7 Å². The molecule has 0 aliphatic rings. The minimum absolute atomic E-state index is 0.179. The van der Waals surface area contributed by atoms with Crippen LogP contribution in [0.5, 0.6) is 5.75 Å². The summed E-state index contributed by atoms with van der Waals surface area (Å²) in [7, 11) is 1.25. The first kappa shape index (κ1) is 16.5. The van der Waals surface area contributed by atoms with Crippen molar-refractivity contribution in [1.82, 2.24) is 5.16 Å². The summed E-state index contributed by atoms with van der Waals surface area (Å²) in [6.07, 6.45) is -0.186. The molecule has 0 aliphatic carbocycles. The van der Waals surface area contributed by atoms with Gasteiger partial charge in [0.05, 0.1) is 24.8 Å². The van der Waals surface area contributed by atoms with Crippen LogP contribution in [0.1, 0.15) is 32.9 Å². The molecule has 0 radical (unpaired) electrons. The zero-order chi connectivity index (χ0) is 17.0. The van der Waals surface area contributed by atoms with Gasteiger partial charge in [-0.3, -0.25) is 4.79 Å². The van der Waals surface area contributed by atoms with Crippen molar-refractivity contribution in [2.24, 2.45) is 0 Å². The quantitative estimate of drug-likeness (QED) is 0.815. The number of nitrogens with zero attached hydrogens (tertiary/aromatic N) is 1. The maximum atomic E-state index is 11.9. The molecule has 1 heterocycles. The maximum Gasteiger partial charge on any atom is 0.341 e. The topological polar surface area (TPSA) is 98.9 Å². The molecule has 0 spiro atoms. The van der Waals surface area contributed by atoms with Crippen LogP contribution in [-0.2, 0) is 22.6 Å². The predicted octanol–water partition coefficient (Wildman–Crippen LogP) is 2.28. The molecule has 0 bridgehead atoms. The monoisotopic (exact) mass is 319 g/mol. The third-order valence-electron chi connectivity index (χ3n) is 3.36. The van der Waals surface area contributed by atoms with E-state index in [0.29, 0.717) is 22.8 Å². The van der Waals surface area contributed by atoms with Crippen LogP contribution in [0.25, 0.3) is 0 Å². The molecular formula is C16H17NO6. The van der Waals surface area contributed by atoms with Gasteiger partial charge in [0.2, 0.25) is 0 Å². The molecule has 0 fully saturated rings. The Balaban J connectivity index is 2.26. The number of hydrogen-bond donors (Lipinski definition) is 1. The Bertz CT molecular complexity index is 715. The average molecular weight is 319 g/mol. The lowest BCUT2D eigenvalue weighted by Gasteiger charge is -2.11. The summed E-state index contributed by atoms with van der Waals surface area (Å²) in [5.74, 6) is -0.619. The van der Waals surface area contributed by atoms with E-state index in [-0.39, 0.29) is 18.6 Å². The van der Waals surface area contributed by atoms with E-state index in [1.54, 1.807) is 26.0 Å². The summed E-state index contributed by atoms with van der Waals surface area (Å²) >= 11 is 0. The Morgan fingerprint density at radius 1 is 1.30 bits per heavy atom. The summed E-state index contributed by atoms with van der Waals surface area (Å²) < 4.78 is 15.5. The predicted molar refractivity (Wildman–Crippen MR) is 79.4 cm³/mol. The SMILES string of the molecule is COC(=O)c1cc(CC(=O)O)ccc1OCc1c(C)noc1C. The highest BCUT2D eigenvalue weighted by Crippen LogP contribution is 2.24. The van der Waals surface area contributed by atoms with Crippen LogP contribution in [0.2, 0.25) is 0 Å². The van der Waals surface area contributed by atoms with Crippen molar-refractivity contribution < 1.29 is 28.7 Å². The molecule has 122 valence electrons. The highest BCUT2D eigenvalue weighted by Gasteiger charge is 2.17. The number of carboxylic acids is 1. The smallest absolute Gasteiger partial charge is 0.341 e. The van der Waals surface area contributed by atoms with Crippen LogP contribution < -0.4 is 4.74 Å². The van der Waals surface area contributed by atoms with Gasteiger partial charge in [0.25, 0.3) is 0 Å². The van der Waals surface area contributed by atoms with Crippen molar-refractivity contribution >= 4 is 11.9 Å². The lowest BCUT2D eigenvalue weighted by Crippen LogP contribution is -2.08. The number of benzene rings is 1. The van der Waals surface area contributed by atoms with Crippen LogP contribution in [0, 0.1) is 13.8 Å². The summed E-state index contributed by atoms with van der Waals surface area (Å²) in [6.45, 7) is 3.76. The highest BCUT2D eigenvalue weighted by molar-refractivity contribution is 5.93. The zero-order valence-electron chi connectivity index (χ0n) is 13.1. The number of carboxylic acid groups (broad SMARTS) is 1. The Morgan fingerprint density at radius 3 is 2.61 bits per heavy atom. The number of aliphatic carboxylic acids is 1. The molecule has 1 N–H and O–H groups in total. The molecular weight excluding hydrogens is 302 g/mol. The molecule has 2 aromatic rings. The van der Waals surface area contributed by atoms with Crippen molar-refractivity contribution in [2.45, 2.75) is 26.9 Å². The van der Waals surface area contributed by atoms with Crippen LogP contribution in [0.15, 0.2) is 22.7 Å². The van der Waals surface area contributed by atoms with Crippen molar-refractivity contribution in [3.63, 3.8) is 0 Å². The molecule has 0 aliphatic heterocycles. The number of carbonyl (C=O) groups excluding carboxylic acids is 1. The van der Waals surface area contributed by atoms with E-state index >= 15 is 0 Å². The molecule has 1 aromatic carbocycles. The lowest BCUT2D eigenvalue weighted by atomic mass is 10.1. The first-order valence-corrected chi connectivity index (χ1v) is 6.90. The van der Waals surface area contributed by atoms with Crippen LogP contribution in [-0.4, -0.2) is 29.3 Å². The van der Waals surface area contributed by atoms with E-state index in [9.17, 15) is 9.59 Å². The van der Waals surface area contributed by atoms with Crippen molar-refractivity contribution in [3.05, 3.63) is 46.3 Å². The van der Waals surface area contributed by atoms with Gasteiger partial charge in [-0.25, -0.2) is 4.79 Å². The second-order valence-electron chi connectivity index (χ2n) is 4.98. The maximum absolute atomic E-state index is 11.9. The number of esters is 1. The standard InChI is InChI=1S/C16H17NO6/c1-9-13(10(2)23-17-9)8-22-14-5-4-11(7-15(18)19)6-12(14)16(20)21-3/h4-6H,7-8H2,1-3H3,(H,18,19). The third-order valence-corrected chi connectivity index (χ3v) is 3.36. The molecule has 0 amide bonds. The van der Waals surface area contributed by atoms with Crippen molar-refractivity contribution in [1.29, 1.82) is 0 Å². The van der Waals surface area contributed by atoms with E-state index in [1.165, 1.54) is 13.2 Å². The molecule has 0 saturated carbocycles. The molecule has 7 heteroatoms. The number of methoxy groups -OCH3 is 1. The lowest BCUT2D eigenvalue weighted by molar-refractivity contribution is -0.136. The second kappa shape index (κ2) is 6.95. The average Bonchev–Trinajstić information content (AvgIpc) is 2.83. The minimum Gasteiger partial charge on any atom is -0.488 e. The number of ether oxygens (including phenoxy) is 2. The van der Waals surface area contributed by atoms with Crippen LogP contribution in [0.3, 0.4) is 0 Å². The Hall–Kier alpha value is -2.83. The molecule has 7 nitrogen and oxygen atoms in total. The third kappa shape index (κ3) is 3.88. The van der Waals surface area contributed by atoms with Crippen molar-refractivity contribution in [2.75, 3.05) is 7.11 Å². The number of aryl methyl sites for hydroxylation is 2. The van der Waals surface area contributed by atoms with Crippen molar-refractivity contribution in [3.8, 4) is 5.75 Å². The van der Waals surface area contributed by atoms with Gasteiger partial charge in [-0.2, -0.15) is 0 Å². The molecule has 2 rings (SSSR count). The Labute approximate surface area is 132 Å². The fourth-order valence-electron chi connectivity index (χ4n) is 2.11. The first-order valence-electron chi connectivity index (χ1n) is 6.90. The van der Waals surface area contributed by atoms with Gasteiger partial charge in [-0.05, 0) is 31.5 Å². The summed E-state index contributed by atoms with van der Waals surface area (Å²) in [6, 6.07) is 4.62. The van der Waals surface area contributed by atoms with Crippen LogP contribution in [0.4, 0.5) is 0 Å². The fourth-order valence-corrected chi connectivity index (χ4v) is 2.11.